The van der Waals surface area contributed by atoms with Gasteiger partial charge in [-0.15, -0.1) is 11.3 Å². The number of aliphatic hydroxyl groups excluding tert-OH is 1. The van der Waals surface area contributed by atoms with Gasteiger partial charge in [0.1, 0.15) is 16.1 Å². The molecule has 0 aliphatic carbocycles. The number of aliphatic hydroxyl groups is 1. The molecule has 214 valence electrons. The van der Waals surface area contributed by atoms with Crippen molar-refractivity contribution in [3.05, 3.63) is 71.4 Å². The molecule has 4 rings (SSSR count). The predicted molar refractivity (Wildman–Crippen MR) is 151 cm³/mol. The Morgan fingerprint density at radius 2 is 1.93 bits per heavy atom. The predicted octanol–water partition coefficient (Wildman–Crippen LogP) is 4.07. The van der Waals surface area contributed by atoms with Crippen LogP contribution in [0.5, 0.6) is 5.75 Å². The first-order valence-corrected chi connectivity index (χ1v) is 14.9. The number of likely N-dealkylation sites (N-methyl/N-ethyl adjacent to an activating group) is 1. The van der Waals surface area contributed by atoms with E-state index in [1.807, 2.05) is 6.92 Å². The van der Waals surface area contributed by atoms with Gasteiger partial charge in [-0.1, -0.05) is 19.1 Å². The molecule has 1 aromatic heterocycles. The number of carbonyl (C=O) groups is 2. The summed E-state index contributed by atoms with van der Waals surface area (Å²) in [6.45, 7) is 3.45. The van der Waals surface area contributed by atoms with E-state index in [4.69, 9.17) is 4.74 Å². The van der Waals surface area contributed by atoms with Crippen molar-refractivity contribution in [1.29, 1.82) is 0 Å². The summed E-state index contributed by atoms with van der Waals surface area (Å²) in [5.41, 5.74) is 0.690. The second-order valence-electron chi connectivity index (χ2n) is 9.61. The molecule has 2 heterocycles. The van der Waals surface area contributed by atoms with Crippen molar-refractivity contribution in [1.82, 2.24) is 9.21 Å². The van der Waals surface area contributed by atoms with Crippen LogP contribution in [0.1, 0.15) is 24.2 Å². The van der Waals surface area contributed by atoms with Crippen LogP contribution >= 0.6 is 11.3 Å². The molecule has 1 aliphatic heterocycles. The number of hydrogen-bond acceptors (Lipinski definition) is 7. The van der Waals surface area contributed by atoms with Crippen LogP contribution in [0.3, 0.4) is 0 Å². The number of nitrogens with zero attached hydrogens (tertiary/aromatic N) is 2. The minimum absolute atomic E-state index is 0.0352. The molecule has 10 nitrogen and oxygen atoms in total. The Bertz CT molecular complexity index is 1450. The smallest absolute Gasteiger partial charge is 0.323 e. The van der Waals surface area contributed by atoms with Crippen molar-refractivity contribution >= 4 is 44.7 Å². The average Bonchev–Trinajstić information content (AvgIpc) is 3.48. The number of rotatable bonds is 8. The van der Waals surface area contributed by atoms with E-state index in [0.29, 0.717) is 5.69 Å². The minimum atomic E-state index is -3.78. The maximum Gasteiger partial charge on any atom is 0.323 e. The van der Waals surface area contributed by atoms with E-state index in [0.717, 1.165) is 11.3 Å². The third-order valence-corrected chi connectivity index (χ3v) is 9.83. The molecule has 3 amide bonds. The molecule has 0 saturated carbocycles. The fourth-order valence-electron chi connectivity index (χ4n) is 4.29. The first-order valence-electron chi connectivity index (χ1n) is 12.6. The van der Waals surface area contributed by atoms with Gasteiger partial charge in [0.05, 0.1) is 30.4 Å². The Morgan fingerprint density at radius 1 is 1.20 bits per heavy atom. The third-order valence-electron chi connectivity index (χ3n) is 6.64. The average molecular weight is 591 g/mol. The summed E-state index contributed by atoms with van der Waals surface area (Å²) >= 11 is 1.11. The lowest BCUT2D eigenvalue weighted by Crippen LogP contribution is -2.50. The van der Waals surface area contributed by atoms with Crippen molar-refractivity contribution < 1.29 is 32.2 Å². The van der Waals surface area contributed by atoms with Crippen LogP contribution in [0.2, 0.25) is 0 Å². The maximum atomic E-state index is 13.6. The molecule has 0 saturated heterocycles. The van der Waals surface area contributed by atoms with Crippen LogP contribution in [0.4, 0.5) is 20.6 Å². The lowest BCUT2D eigenvalue weighted by atomic mass is 9.99. The summed E-state index contributed by atoms with van der Waals surface area (Å²) < 4.78 is 47.3. The molecule has 40 heavy (non-hydrogen) atoms. The van der Waals surface area contributed by atoms with Gasteiger partial charge in [0.25, 0.3) is 15.9 Å². The standard InChI is InChI=1S/C27H31FN4O6S2/c1-17-14-32(18(2)16-33)26(34)21-6-4-7-22(30-27(35)29-20-11-9-19(28)10-12-20)25(21)38-23(17)15-31(3)40(36,37)24-8-5-13-39-24/h4-13,17-18,23,33H,14-16H2,1-3H3,(H2,29,30,35)/t17-,18-,23+/m1/s1. The Kier molecular flexibility index (Phi) is 9.08. The van der Waals surface area contributed by atoms with Crippen molar-refractivity contribution in [3.63, 3.8) is 0 Å². The highest BCUT2D eigenvalue weighted by atomic mass is 32.2. The second-order valence-corrected chi connectivity index (χ2v) is 12.8. The van der Waals surface area contributed by atoms with Gasteiger partial charge >= 0.3 is 6.03 Å². The SMILES string of the molecule is C[C@@H]1CN([C@H](C)CO)C(=O)c2cccc(NC(=O)Nc3ccc(F)cc3)c2O[C@H]1CN(C)S(=O)(=O)c1cccs1. The molecule has 0 bridgehead atoms. The zero-order chi connectivity index (χ0) is 29.0. The maximum absolute atomic E-state index is 13.6. The van der Waals surface area contributed by atoms with Gasteiger partial charge in [-0.25, -0.2) is 17.6 Å². The van der Waals surface area contributed by atoms with Gasteiger partial charge < -0.3 is 25.4 Å². The largest absolute Gasteiger partial charge is 0.486 e. The Labute approximate surface area is 236 Å². The number of anilines is 2. The van der Waals surface area contributed by atoms with Crippen LogP contribution < -0.4 is 15.4 Å². The molecule has 13 heteroatoms. The first-order chi connectivity index (χ1) is 19.0. The number of thiophene rings is 1. The van der Waals surface area contributed by atoms with Gasteiger partial charge in [0.15, 0.2) is 5.75 Å². The highest BCUT2D eigenvalue weighted by Gasteiger charge is 2.36. The van der Waals surface area contributed by atoms with Gasteiger partial charge in [-0.3, -0.25) is 4.79 Å². The molecule has 2 aromatic carbocycles. The molecule has 1 aliphatic rings. The summed E-state index contributed by atoms with van der Waals surface area (Å²) in [5, 5.41) is 16.8. The lowest BCUT2D eigenvalue weighted by molar-refractivity contribution is 0.0389. The molecule has 3 atom stereocenters. The first kappa shape index (κ1) is 29.5. The van der Waals surface area contributed by atoms with Crippen LogP contribution in [-0.2, 0) is 10.0 Å². The van der Waals surface area contributed by atoms with Crippen molar-refractivity contribution in [2.24, 2.45) is 5.92 Å². The van der Waals surface area contributed by atoms with Crippen molar-refractivity contribution in [2.45, 2.75) is 30.2 Å². The van der Waals surface area contributed by atoms with Crippen molar-refractivity contribution in [2.75, 3.05) is 37.4 Å². The topological polar surface area (TPSA) is 128 Å². The van der Waals surface area contributed by atoms with Crippen LogP contribution in [0.15, 0.2) is 64.2 Å². The number of fused-ring (bicyclic) bond motifs is 1. The zero-order valence-corrected chi connectivity index (χ0v) is 23.8. The van der Waals surface area contributed by atoms with Gasteiger partial charge in [0, 0.05) is 25.2 Å². The van der Waals surface area contributed by atoms with E-state index in [1.165, 1.54) is 46.6 Å². The monoisotopic (exact) mass is 590 g/mol. The minimum Gasteiger partial charge on any atom is -0.486 e. The third kappa shape index (κ3) is 6.44. The molecular weight excluding hydrogens is 559 g/mol. The van der Waals surface area contributed by atoms with Gasteiger partial charge in [-0.05, 0) is 54.8 Å². The lowest BCUT2D eigenvalue weighted by Gasteiger charge is -2.38. The van der Waals surface area contributed by atoms with E-state index in [2.05, 4.69) is 10.6 Å². The second kappa shape index (κ2) is 12.3. The van der Waals surface area contributed by atoms with E-state index in [9.17, 15) is 27.5 Å². The molecule has 0 unspecified atom stereocenters. The summed E-state index contributed by atoms with van der Waals surface area (Å²) in [4.78, 5) is 27.9. The van der Waals surface area contributed by atoms with E-state index in [1.54, 1.807) is 36.6 Å². The van der Waals surface area contributed by atoms with Crippen LogP contribution in [-0.4, -0.2) is 73.6 Å². The Hall–Kier alpha value is -3.52. The van der Waals surface area contributed by atoms with E-state index >= 15 is 0 Å². The Morgan fingerprint density at radius 3 is 2.58 bits per heavy atom. The summed E-state index contributed by atoms with van der Waals surface area (Å²) in [6, 6.07) is 11.9. The number of sulfonamides is 1. The number of amides is 3. The Balaban J connectivity index is 1.68. The van der Waals surface area contributed by atoms with Crippen LogP contribution in [0.25, 0.3) is 0 Å². The zero-order valence-electron chi connectivity index (χ0n) is 22.2. The number of nitrogens with one attached hydrogen (secondary N) is 2. The summed E-state index contributed by atoms with van der Waals surface area (Å²) in [6.07, 6.45) is -0.719. The van der Waals surface area contributed by atoms with Gasteiger partial charge in [0.2, 0.25) is 0 Å². The van der Waals surface area contributed by atoms with Crippen molar-refractivity contribution in [3.8, 4) is 5.75 Å². The molecule has 3 N–H and O–H groups in total. The van der Waals surface area contributed by atoms with Crippen LogP contribution in [0, 0.1) is 11.7 Å². The normalized spacial score (nSPS) is 18.4. The van der Waals surface area contributed by atoms with E-state index < -0.39 is 39.9 Å². The molecule has 0 fully saturated rings. The number of carbonyl (C=O) groups excluding carboxylic acids is 2. The fraction of sp³-hybridized carbons (Fsp3) is 0.333. The number of para-hydroxylation sites is 1. The number of urea groups is 1. The van der Waals surface area contributed by atoms with E-state index in [-0.39, 0.29) is 46.8 Å². The molecule has 3 aromatic rings. The highest BCUT2D eigenvalue weighted by Crippen LogP contribution is 2.35. The number of benzene rings is 2. The van der Waals surface area contributed by atoms with Gasteiger partial charge in [-0.2, -0.15) is 4.31 Å². The molecule has 0 radical (unpaired) electrons. The summed E-state index contributed by atoms with van der Waals surface area (Å²) in [7, 11) is -2.32. The number of ether oxygens (including phenoxy) is 1. The molecule has 0 spiro atoms. The number of hydrogen-bond donors (Lipinski definition) is 3. The number of halogens is 1. The quantitative estimate of drug-likeness (QED) is 0.363. The molecular formula is C27H31FN4O6S2. The fourth-order valence-corrected chi connectivity index (χ4v) is 6.68. The highest BCUT2D eigenvalue weighted by molar-refractivity contribution is 7.91. The summed E-state index contributed by atoms with van der Waals surface area (Å²) in [5.74, 6) is -1.12.